The lowest BCUT2D eigenvalue weighted by atomic mass is 9.89. The minimum atomic E-state index is 0.101. The summed E-state index contributed by atoms with van der Waals surface area (Å²) in [6, 6.07) is 6.27. The van der Waals surface area contributed by atoms with Crippen molar-refractivity contribution in [2.45, 2.75) is 38.1 Å². The van der Waals surface area contributed by atoms with Gasteiger partial charge >= 0.3 is 0 Å². The summed E-state index contributed by atoms with van der Waals surface area (Å²) in [5.41, 5.74) is 3.06. The predicted molar refractivity (Wildman–Crippen MR) is 93.0 cm³/mol. The fourth-order valence-electron chi connectivity index (χ4n) is 4.60. The number of amides is 2. The molecule has 2 aliphatic heterocycles. The van der Waals surface area contributed by atoms with Gasteiger partial charge in [-0.05, 0) is 49.1 Å². The van der Waals surface area contributed by atoms with Gasteiger partial charge in [0.25, 0.3) is 5.91 Å². The molecule has 2 fully saturated rings. The van der Waals surface area contributed by atoms with Gasteiger partial charge in [0.05, 0.1) is 11.3 Å². The Kier molecular flexibility index (Phi) is 3.94. The maximum atomic E-state index is 13.1. The molecule has 3 aliphatic rings. The van der Waals surface area contributed by atoms with Crippen LogP contribution in [0.4, 0.5) is 5.69 Å². The molecule has 128 valence electrons. The number of para-hydroxylation sites is 1. The van der Waals surface area contributed by atoms with E-state index in [2.05, 4.69) is 16.7 Å². The fraction of sp³-hybridized carbons (Fsp3) is 0.579. The maximum Gasteiger partial charge on any atom is 0.255 e. The number of piperidine rings is 1. The standard InChI is InChI=1S/C19H25N3O2/c1-22(15-8-13-10-17(23)21-11-14(13)9-15)19(24)16-6-2-4-12-5-3-7-20-18(12)16/h2,4,6,13-15,20H,3,5,7-11H2,1H3,(H,21,23)/t13-,14+,15-/m0/s1. The second kappa shape index (κ2) is 6.11. The Bertz CT molecular complexity index is 673. The molecule has 2 heterocycles. The molecule has 4 rings (SSSR count). The van der Waals surface area contributed by atoms with E-state index >= 15 is 0 Å². The van der Waals surface area contributed by atoms with E-state index in [4.69, 9.17) is 0 Å². The highest BCUT2D eigenvalue weighted by molar-refractivity contribution is 6.00. The largest absolute Gasteiger partial charge is 0.384 e. The number of aryl methyl sites for hydroxylation is 1. The predicted octanol–water partition coefficient (Wildman–Crippen LogP) is 2.03. The molecule has 0 radical (unpaired) electrons. The number of carbonyl (C=O) groups is 2. The zero-order valence-corrected chi connectivity index (χ0v) is 14.2. The molecule has 24 heavy (non-hydrogen) atoms. The highest BCUT2D eigenvalue weighted by Crippen LogP contribution is 2.39. The molecule has 0 aromatic heterocycles. The van der Waals surface area contributed by atoms with Gasteiger partial charge in [-0.1, -0.05) is 12.1 Å². The van der Waals surface area contributed by atoms with E-state index < -0.39 is 0 Å². The fourth-order valence-corrected chi connectivity index (χ4v) is 4.60. The number of carbonyl (C=O) groups excluding carboxylic acids is 2. The lowest BCUT2D eigenvalue weighted by molar-refractivity contribution is -0.124. The van der Waals surface area contributed by atoms with Crippen LogP contribution in [-0.2, 0) is 11.2 Å². The zero-order valence-electron chi connectivity index (χ0n) is 14.2. The highest BCUT2D eigenvalue weighted by Gasteiger charge is 2.41. The van der Waals surface area contributed by atoms with Crippen LogP contribution in [0.1, 0.15) is 41.6 Å². The second-order valence-corrected chi connectivity index (χ2v) is 7.44. The van der Waals surface area contributed by atoms with E-state index in [9.17, 15) is 9.59 Å². The van der Waals surface area contributed by atoms with Crippen LogP contribution in [0.2, 0.25) is 0 Å². The summed E-state index contributed by atoms with van der Waals surface area (Å²) in [7, 11) is 1.92. The number of benzene rings is 1. The van der Waals surface area contributed by atoms with Crippen molar-refractivity contribution in [2.75, 3.05) is 25.5 Å². The van der Waals surface area contributed by atoms with Crippen molar-refractivity contribution in [3.05, 3.63) is 29.3 Å². The first kappa shape index (κ1) is 15.5. The number of nitrogens with one attached hydrogen (secondary N) is 2. The van der Waals surface area contributed by atoms with Crippen molar-refractivity contribution < 1.29 is 9.59 Å². The topological polar surface area (TPSA) is 61.4 Å². The van der Waals surface area contributed by atoms with Crippen LogP contribution in [0.15, 0.2) is 18.2 Å². The van der Waals surface area contributed by atoms with E-state index in [1.165, 1.54) is 5.56 Å². The molecule has 0 bridgehead atoms. The van der Waals surface area contributed by atoms with Gasteiger partial charge in [0.2, 0.25) is 5.91 Å². The van der Waals surface area contributed by atoms with Crippen LogP contribution in [0.3, 0.4) is 0 Å². The molecule has 5 nitrogen and oxygen atoms in total. The monoisotopic (exact) mass is 327 g/mol. The third-order valence-electron chi connectivity index (χ3n) is 6.00. The summed E-state index contributed by atoms with van der Waals surface area (Å²) in [6.07, 6.45) is 4.71. The number of hydrogen-bond donors (Lipinski definition) is 2. The van der Waals surface area contributed by atoms with Crippen LogP contribution in [0, 0.1) is 11.8 Å². The summed E-state index contributed by atoms with van der Waals surface area (Å²) in [6.45, 7) is 1.70. The Labute approximate surface area is 142 Å². The van der Waals surface area contributed by atoms with Gasteiger partial charge < -0.3 is 15.5 Å². The number of rotatable bonds is 2. The quantitative estimate of drug-likeness (QED) is 0.874. The molecule has 1 saturated carbocycles. The molecule has 0 unspecified atom stereocenters. The van der Waals surface area contributed by atoms with Crippen LogP contribution in [0.5, 0.6) is 0 Å². The van der Waals surface area contributed by atoms with E-state index in [1.54, 1.807) is 0 Å². The Morgan fingerprint density at radius 1 is 1.21 bits per heavy atom. The van der Waals surface area contributed by atoms with Crippen LogP contribution in [0.25, 0.3) is 0 Å². The molecule has 1 saturated heterocycles. The van der Waals surface area contributed by atoms with Crippen molar-refractivity contribution >= 4 is 17.5 Å². The summed E-state index contributed by atoms with van der Waals surface area (Å²) >= 11 is 0. The number of anilines is 1. The van der Waals surface area contributed by atoms with Crippen molar-refractivity contribution in [3.8, 4) is 0 Å². The number of nitrogens with zero attached hydrogens (tertiary/aromatic N) is 1. The SMILES string of the molecule is CN(C(=O)c1cccc2c1NCCC2)[C@H]1C[C@H]2CC(=O)NC[C@H]2C1. The van der Waals surface area contributed by atoms with E-state index in [-0.39, 0.29) is 17.9 Å². The Morgan fingerprint density at radius 2 is 2.04 bits per heavy atom. The Morgan fingerprint density at radius 3 is 2.92 bits per heavy atom. The molecule has 2 N–H and O–H groups in total. The average molecular weight is 327 g/mol. The minimum Gasteiger partial charge on any atom is -0.384 e. The summed E-state index contributed by atoms with van der Waals surface area (Å²) in [5.74, 6) is 1.21. The zero-order chi connectivity index (χ0) is 16.7. The molecule has 2 amide bonds. The Balaban J connectivity index is 1.52. The molecule has 0 spiro atoms. The summed E-state index contributed by atoms with van der Waals surface area (Å²) in [4.78, 5) is 26.6. The summed E-state index contributed by atoms with van der Waals surface area (Å²) in [5, 5.41) is 6.37. The lowest BCUT2D eigenvalue weighted by Gasteiger charge is -2.28. The van der Waals surface area contributed by atoms with E-state index in [0.717, 1.165) is 50.0 Å². The molecule has 5 heteroatoms. The highest BCUT2D eigenvalue weighted by atomic mass is 16.2. The number of fused-ring (bicyclic) bond motifs is 2. The molecule has 1 aromatic rings. The van der Waals surface area contributed by atoms with Gasteiger partial charge in [0, 0.05) is 32.6 Å². The molecular weight excluding hydrogens is 302 g/mol. The maximum absolute atomic E-state index is 13.1. The van der Waals surface area contributed by atoms with Crippen LogP contribution >= 0.6 is 0 Å². The van der Waals surface area contributed by atoms with Gasteiger partial charge in [0.15, 0.2) is 0 Å². The smallest absolute Gasteiger partial charge is 0.255 e. The van der Waals surface area contributed by atoms with E-state index in [0.29, 0.717) is 18.3 Å². The minimum absolute atomic E-state index is 0.101. The first-order valence-electron chi connectivity index (χ1n) is 9.03. The van der Waals surface area contributed by atoms with E-state index in [1.807, 2.05) is 24.1 Å². The van der Waals surface area contributed by atoms with Gasteiger partial charge in [-0.25, -0.2) is 0 Å². The van der Waals surface area contributed by atoms with Gasteiger partial charge in [-0.15, -0.1) is 0 Å². The van der Waals surface area contributed by atoms with Crippen LogP contribution in [-0.4, -0.2) is 42.9 Å². The normalized spacial score (nSPS) is 28.4. The van der Waals surface area contributed by atoms with Crippen molar-refractivity contribution in [2.24, 2.45) is 11.8 Å². The molecule has 3 atom stereocenters. The molecule has 1 aromatic carbocycles. The second-order valence-electron chi connectivity index (χ2n) is 7.44. The summed E-state index contributed by atoms with van der Waals surface area (Å²) < 4.78 is 0. The van der Waals surface area contributed by atoms with Gasteiger partial charge in [-0.2, -0.15) is 0 Å². The van der Waals surface area contributed by atoms with Gasteiger partial charge in [-0.3, -0.25) is 9.59 Å². The Hall–Kier alpha value is -2.04. The first-order valence-corrected chi connectivity index (χ1v) is 9.03. The van der Waals surface area contributed by atoms with Crippen molar-refractivity contribution in [1.29, 1.82) is 0 Å². The molecular formula is C19H25N3O2. The molecule has 1 aliphatic carbocycles. The third-order valence-corrected chi connectivity index (χ3v) is 6.00. The van der Waals surface area contributed by atoms with Crippen molar-refractivity contribution in [1.82, 2.24) is 10.2 Å². The third kappa shape index (κ3) is 2.66. The number of hydrogen-bond acceptors (Lipinski definition) is 3. The van der Waals surface area contributed by atoms with Crippen molar-refractivity contribution in [3.63, 3.8) is 0 Å². The first-order chi connectivity index (χ1) is 11.6. The average Bonchev–Trinajstić information content (AvgIpc) is 3.03. The lowest BCUT2D eigenvalue weighted by Crippen LogP contribution is -2.38. The van der Waals surface area contributed by atoms with Crippen LogP contribution < -0.4 is 10.6 Å². The van der Waals surface area contributed by atoms with Gasteiger partial charge in [0.1, 0.15) is 0 Å².